The van der Waals surface area contributed by atoms with Gasteiger partial charge in [0.15, 0.2) is 0 Å². The highest BCUT2D eigenvalue weighted by molar-refractivity contribution is 14.1. The van der Waals surface area contributed by atoms with E-state index in [1.54, 1.807) is 0 Å². The molecule has 3 heteroatoms. The van der Waals surface area contributed by atoms with Crippen molar-refractivity contribution in [3.8, 4) is 0 Å². The Labute approximate surface area is 124 Å². The number of benzene rings is 2. The van der Waals surface area contributed by atoms with E-state index in [4.69, 9.17) is 0 Å². The fraction of sp³-hybridized carbons (Fsp3) is 0.143. The van der Waals surface area contributed by atoms with E-state index in [0.29, 0.717) is 0 Å². The summed E-state index contributed by atoms with van der Waals surface area (Å²) in [5.41, 5.74) is 3.74. The fourth-order valence-electron chi connectivity index (χ4n) is 1.65. The molecule has 1 N–H and O–H groups in total. The smallest absolute Gasteiger partial charge is 0.0497 e. The van der Waals surface area contributed by atoms with E-state index in [9.17, 15) is 0 Å². The Bertz CT molecular complexity index is 525. The standard InChI is InChI=1S/C14H13BrIN/c1-10-3-2-4-11(7-10)9-17-14-8-12(16)5-6-13(14)15/h2-8,17H,9H2,1H3. The monoisotopic (exact) mass is 401 g/mol. The average molecular weight is 402 g/mol. The second-order valence-corrected chi connectivity index (χ2v) is 6.07. The maximum atomic E-state index is 3.55. The van der Waals surface area contributed by atoms with Gasteiger partial charge in [0.2, 0.25) is 0 Å². The van der Waals surface area contributed by atoms with Gasteiger partial charge < -0.3 is 5.32 Å². The van der Waals surface area contributed by atoms with E-state index in [2.05, 4.69) is 93.2 Å². The van der Waals surface area contributed by atoms with Gasteiger partial charge in [-0.25, -0.2) is 0 Å². The first-order valence-corrected chi connectivity index (χ1v) is 7.27. The van der Waals surface area contributed by atoms with Crippen LogP contribution in [0.2, 0.25) is 0 Å². The third-order valence-electron chi connectivity index (χ3n) is 2.49. The molecule has 0 amide bonds. The number of halogens is 2. The highest BCUT2D eigenvalue weighted by Crippen LogP contribution is 2.24. The van der Waals surface area contributed by atoms with E-state index in [1.807, 2.05) is 0 Å². The van der Waals surface area contributed by atoms with Gasteiger partial charge >= 0.3 is 0 Å². The molecule has 0 unspecified atom stereocenters. The summed E-state index contributed by atoms with van der Waals surface area (Å²) >= 11 is 5.87. The maximum absolute atomic E-state index is 3.55. The summed E-state index contributed by atoms with van der Waals surface area (Å²) in [6.07, 6.45) is 0. The number of aryl methyl sites for hydroxylation is 1. The second-order valence-electron chi connectivity index (χ2n) is 3.97. The van der Waals surface area contributed by atoms with E-state index in [-0.39, 0.29) is 0 Å². The molecule has 0 atom stereocenters. The van der Waals surface area contributed by atoms with Gasteiger partial charge in [0.1, 0.15) is 0 Å². The zero-order valence-electron chi connectivity index (χ0n) is 9.50. The van der Waals surface area contributed by atoms with Crippen molar-refractivity contribution in [1.82, 2.24) is 0 Å². The number of hydrogen-bond acceptors (Lipinski definition) is 1. The molecule has 0 heterocycles. The van der Waals surface area contributed by atoms with Gasteiger partial charge in [-0.3, -0.25) is 0 Å². The molecule has 0 spiro atoms. The SMILES string of the molecule is Cc1cccc(CNc2cc(I)ccc2Br)c1. The van der Waals surface area contributed by atoms with Gasteiger partial charge in [-0.15, -0.1) is 0 Å². The van der Waals surface area contributed by atoms with E-state index < -0.39 is 0 Å². The molecule has 0 bridgehead atoms. The van der Waals surface area contributed by atoms with Crippen molar-refractivity contribution < 1.29 is 0 Å². The van der Waals surface area contributed by atoms with Crippen LogP contribution in [0.4, 0.5) is 5.69 Å². The summed E-state index contributed by atoms with van der Waals surface area (Å²) in [7, 11) is 0. The lowest BCUT2D eigenvalue weighted by Gasteiger charge is -2.09. The van der Waals surface area contributed by atoms with Crippen LogP contribution in [0.25, 0.3) is 0 Å². The van der Waals surface area contributed by atoms with E-state index in [1.165, 1.54) is 14.7 Å². The maximum Gasteiger partial charge on any atom is 0.0497 e. The molecule has 0 fully saturated rings. The van der Waals surface area contributed by atoms with Crippen LogP contribution in [0.5, 0.6) is 0 Å². The Balaban J connectivity index is 2.09. The lowest BCUT2D eigenvalue weighted by Crippen LogP contribution is -2.00. The van der Waals surface area contributed by atoms with Crippen LogP contribution in [0.15, 0.2) is 46.9 Å². The van der Waals surface area contributed by atoms with Crippen molar-refractivity contribution in [1.29, 1.82) is 0 Å². The van der Waals surface area contributed by atoms with Crippen molar-refractivity contribution in [3.05, 3.63) is 61.6 Å². The van der Waals surface area contributed by atoms with Crippen LogP contribution in [0, 0.1) is 10.5 Å². The highest BCUT2D eigenvalue weighted by Gasteiger charge is 2.00. The molecule has 0 saturated carbocycles. The van der Waals surface area contributed by atoms with Crippen molar-refractivity contribution in [3.63, 3.8) is 0 Å². The molecule has 0 aliphatic carbocycles. The van der Waals surface area contributed by atoms with Crippen LogP contribution in [0.1, 0.15) is 11.1 Å². The van der Waals surface area contributed by atoms with Gasteiger partial charge in [-0.1, -0.05) is 29.8 Å². The van der Waals surface area contributed by atoms with Crippen LogP contribution >= 0.6 is 38.5 Å². The Morgan fingerprint density at radius 1 is 1.18 bits per heavy atom. The molecule has 2 aromatic rings. The molecule has 2 rings (SSSR count). The molecule has 2 aromatic carbocycles. The zero-order valence-corrected chi connectivity index (χ0v) is 13.2. The van der Waals surface area contributed by atoms with Gasteiger partial charge in [0.05, 0.1) is 0 Å². The number of rotatable bonds is 3. The summed E-state index contributed by atoms with van der Waals surface area (Å²) in [6.45, 7) is 2.96. The molecule has 0 aliphatic rings. The first-order chi connectivity index (χ1) is 8.15. The first-order valence-electron chi connectivity index (χ1n) is 5.39. The topological polar surface area (TPSA) is 12.0 Å². The Morgan fingerprint density at radius 2 is 2.00 bits per heavy atom. The lowest BCUT2D eigenvalue weighted by molar-refractivity contribution is 1.14. The summed E-state index contributed by atoms with van der Waals surface area (Å²) < 4.78 is 2.34. The van der Waals surface area contributed by atoms with Crippen LogP contribution < -0.4 is 5.32 Å². The van der Waals surface area contributed by atoms with Gasteiger partial charge in [-0.2, -0.15) is 0 Å². The minimum atomic E-state index is 0.848. The first kappa shape index (κ1) is 12.9. The molecule has 0 radical (unpaired) electrons. The van der Waals surface area contributed by atoms with Gasteiger partial charge in [0.25, 0.3) is 0 Å². The summed E-state index contributed by atoms with van der Waals surface area (Å²) in [5, 5.41) is 3.45. The quantitative estimate of drug-likeness (QED) is 0.715. The Hall–Kier alpha value is -0.550. The second kappa shape index (κ2) is 5.87. The van der Waals surface area contributed by atoms with Crippen molar-refractivity contribution in [2.45, 2.75) is 13.5 Å². The van der Waals surface area contributed by atoms with Gasteiger partial charge in [-0.05, 0) is 69.2 Å². The minimum Gasteiger partial charge on any atom is -0.380 e. The number of hydrogen-bond donors (Lipinski definition) is 1. The largest absolute Gasteiger partial charge is 0.380 e. The van der Waals surface area contributed by atoms with Crippen molar-refractivity contribution in [2.75, 3.05) is 5.32 Å². The van der Waals surface area contributed by atoms with Crippen molar-refractivity contribution in [2.24, 2.45) is 0 Å². The molecule has 17 heavy (non-hydrogen) atoms. The zero-order chi connectivity index (χ0) is 12.3. The van der Waals surface area contributed by atoms with Crippen LogP contribution in [-0.4, -0.2) is 0 Å². The number of anilines is 1. The van der Waals surface area contributed by atoms with Gasteiger partial charge in [0, 0.05) is 20.3 Å². The van der Waals surface area contributed by atoms with Crippen LogP contribution in [-0.2, 0) is 6.54 Å². The predicted octanol–water partition coefficient (Wildman–Crippen LogP) is 4.97. The lowest BCUT2D eigenvalue weighted by atomic mass is 10.1. The average Bonchev–Trinajstić information content (AvgIpc) is 2.30. The highest BCUT2D eigenvalue weighted by atomic mass is 127. The molecule has 1 nitrogen and oxygen atoms in total. The summed E-state index contributed by atoms with van der Waals surface area (Å²) in [4.78, 5) is 0. The molecule has 0 aliphatic heterocycles. The van der Waals surface area contributed by atoms with Crippen molar-refractivity contribution >= 4 is 44.2 Å². The third-order valence-corrected chi connectivity index (χ3v) is 3.86. The molecule has 0 aromatic heterocycles. The number of nitrogens with one attached hydrogen (secondary N) is 1. The molecule has 0 saturated heterocycles. The third kappa shape index (κ3) is 3.71. The summed E-state index contributed by atoms with van der Waals surface area (Å²) in [5.74, 6) is 0. The molecule has 88 valence electrons. The Kier molecular flexibility index (Phi) is 4.45. The molecular weight excluding hydrogens is 389 g/mol. The summed E-state index contributed by atoms with van der Waals surface area (Å²) in [6, 6.07) is 14.8. The Morgan fingerprint density at radius 3 is 2.76 bits per heavy atom. The predicted molar refractivity (Wildman–Crippen MR) is 85.4 cm³/mol. The van der Waals surface area contributed by atoms with E-state index >= 15 is 0 Å². The molecular formula is C14H13BrIN. The van der Waals surface area contributed by atoms with Crippen LogP contribution in [0.3, 0.4) is 0 Å². The van der Waals surface area contributed by atoms with E-state index in [0.717, 1.165) is 16.7 Å². The minimum absolute atomic E-state index is 0.848. The normalized spacial score (nSPS) is 10.3. The fourth-order valence-corrected chi connectivity index (χ4v) is 2.53.